The second-order valence-corrected chi connectivity index (χ2v) is 7.50. The predicted octanol–water partition coefficient (Wildman–Crippen LogP) is 3.66. The van der Waals surface area contributed by atoms with Gasteiger partial charge in [0.05, 0.1) is 24.1 Å². The van der Waals surface area contributed by atoms with Crippen LogP contribution in [0.4, 0.5) is 0 Å². The number of carboxylic acids is 2. The molecule has 8 heteroatoms. The van der Waals surface area contributed by atoms with E-state index < -0.39 is 28.8 Å². The van der Waals surface area contributed by atoms with Crippen molar-refractivity contribution in [1.29, 1.82) is 0 Å². The Labute approximate surface area is 173 Å². The molecule has 0 radical (unpaired) electrons. The molecule has 0 atom stereocenters. The maximum absolute atomic E-state index is 11.8. The van der Waals surface area contributed by atoms with E-state index in [1.54, 1.807) is 31.0 Å². The number of aromatic nitrogens is 1. The number of benzene rings is 1. The molecule has 0 aliphatic rings. The monoisotopic (exact) mass is 419 g/mol. The number of ether oxygens (including phenoxy) is 1. The van der Waals surface area contributed by atoms with Gasteiger partial charge in [-0.15, -0.1) is 0 Å². The van der Waals surface area contributed by atoms with Gasteiger partial charge in [0.2, 0.25) is 0 Å². The van der Waals surface area contributed by atoms with Crippen molar-refractivity contribution in [3.63, 3.8) is 0 Å². The molecule has 1 heterocycles. The standard InChI is InChI=1S/C21H25NO6S/c1-28-14-9-6-13(7-10-14)8-11-15-17(20(24)25)18(21(26)27)19(23)16(22-15)5-3-4-12-29-2/h6-7,9-10,23H,3-5,8,11-12H2,1-2H3,(H,24,25)(H,26,27). The summed E-state index contributed by atoms with van der Waals surface area (Å²) in [4.78, 5) is 27.8. The van der Waals surface area contributed by atoms with E-state index >= 15 is 0 Å². The maximum atomic E-state index is 11.8. The van der Waals surface area contributed by atoms with E-state index in [0.717, 1.165) is 24.2 Å². The molecule has 0 bridgehead atoms. The van der Waals surface area contributed by atoms with Crippen LogP contribution in [-0.2, 0) is 19.3 Å². The van der Waals surface area contributed by atoms with Crippen LogP contribution in [0.3, 0.4) is 0 Å². The summed E-state index contributed by atoms with van der Waals surface area (Å²) in [6.45, 7) is 0. The SMILES string of the molecule is COc1ccc(CCc2nc(CCCCSC)c(O)c(C(=O)O)c2C(=O)O)cc1. The largest absolute Gasteiger partial charge is 0.505 e. The first-order chi connectivity index (χ1) is 13.9. The van der Waals surface area contributed by atoms with Crippen molar-refractivity contribution in [2.45, 2.75) is 32.1 Å². The second kappa shape index (κ2) is 10.7. The van der Waals surface area contributed by atoms with Crippen molar-refractivity contribution in [2.75, 3.05) is 19.1 Å². The van der Waals surface area contributed by atoms with E-state index in [-0.39, 0.29) is 17.8 Å². The number of aryl methyl sites for hydroxylation is 3. The first-order valence-electron chi connectivity index (χ1n) is 9.22. The molecule has 0 fully saturated rings. The molecule has 7 nitrogen and oxygen atoms in total. The lowest BCUT2D eigenvalue weighted by molar-refractivity contribution is 0.0646. The highest BCUT2D eigenvalue weighted by Crippen LogP contribution is 2.29. The molecule has 0 aliphatic carbocycles. The van der Waals surface area contributed by atoms with E-state index in [0.29, 0.717) is 18.6 Å². The maximum Gasteiger partial charge on any atom is 0.340 e. The van der Waals surface area contributed by atoms with Crippen molar-refractivity contribution in [2.24, 2.45) is 0 Å². The number of aromatic carboxylic acids is 2. The van der Waals surface area contributed by atoms with Crippen molar-refractivity contribution >= 4 is 23.7 Å². The Morgan fingerprint density at radius 3 is 2.17 bits per heavy atom. The summed E-state index contributed by atoms with van der Waals surface area (Å²) in [6, 6.07) is 7.33. The first kappa shape index (κ1) is 22.5. The highest BCUT2D eigenvalue weighted by Gasteiger charge is 2.28. The molecule has 2 aromatic rings. The third-order valence-corrected chi connectivity index (χ3v) is 5.26. The Balaban J connectivity index is 2.36. The summed E-state index contributed by atoms with van der Waals surface area (Å²) < 4.78 is 5.12. The van der Waals surface area contributed by atoms with Crippen LogP contribution in [0.1, 0.15) is 50.5 Å². The third kappa shape index (κ3) is 5.87. The van der Waals surface area contributed by atoms with Gasteiger partial charge in [-0.3, -0.25) is 4.98 Å². The third-order valence-electron chi connectivity index (χ3n) is 4.57. The van der Waals surface area contributed by atoms with Crippen LogP contribution in [0.25, 0.3) is 0 Å². The highest BCUT2D eigenvalue weighted by atomic mass is 32.2. The molecule has 1 aromatic carbocycles. The van der Waals surface area contributed by atoms with Crippen LogP contribution in [0, 0.1) is 0 Å². The predicted molar refractivity (Wildman–Crippen MR) is 112 cm³/mol. The fourth-order valence-electron chi connectivity index (χ4n) is 3.07. The minimum absolute atomic E-state index is 0.170. The summed E-state index contributed by atoms with van der Waals surface area (Å²) in [7, 11) is 1.57. The topological polar surface area (TPSA) is 117 Å². The molecule has 29 heavy (non-hydrogen) atoms. The van der Waals surface area contributed by atoms with Gasteiger partial charge in [-0.2, -0.15) is 11.8 Å². The number of methoxy groups -OCH3 is 1. The molecular formula is C21H25NO6S. The molecule has 2 rings (SSSR count). The van der Waals surface area contributed by atoms with Crippen LogP contribution in [0.2, 0.25) is 0 Å². The number of hydrogen-bond acceptors (Lipinski definition) is 6. The van der Waals surface area contributed by atoms with Crippen LogP contribution >= 0.6 is 11.8 Å². The molecule has 3 N–H and O–H groups in total. The van der Waals surface area contributed by atoms with Crippen LogP contribution in [0.15, 0.2) is 24.3 Å². The summed E-state index contributed by atoms with van der Waals surface area (Å²) in [5.74, 6) is -1.78. The number of carbonyl (C=O) groups is 2. The number of rotatable bonds is 11. The van der Waals surface area contributed by atoms with Gasteiger partial charge in [-0.05, 0) is 61.8 Å². The molecule has 0 unspecified atom stereocenters. The lowest BCUT2D eigenvalue weighted by atomic mass is 9.97. The molecule has 0 amide bonds. The van der Waals surface area contributed by atoms with Crippen molar-refractivity contribution in [3.05, 3.63) is 52.3 Å². The van der Waals surface area contributed by atoms with Crippen LogP contribution < -0.4 is 4.74 Å². The van der Waals surface area contributed by atoms with Gasteiger partial charge >= 0.3 is 11.9 Å². The summed E-state index contributed by atoms with van der Waals surface area (Å²) in [6.07, 6.45) is 4.73. The number of pyridine rings is 1. The second-order valence-electron chi connectivity index (χ2n) is 6.51. The van der Waals surface area contributed by atoms with Gasteiger partial charge in [-0.1, -0.05) is 12.1 Å². The molecular weight excluding hydrogens is 394 g/mol. The summed E-state index contributed by atoms with van der Waals surface area (Å²) >= 11 is 1.70. The van der Waals surface area contributed by atoms with Gasteiger partial charge in [0.1, 0.15) is 11.3 Å². The normalized spacial score (nSPS) is 10.7. The van der Waals surface area contributed by atoms with E-state index in [4.69, 9.17) is 4.74 Å². The zero-order chi connectivity index (χ0) is 21.4. The quantitative estimate of drug-likeness (QED) is 0.473. The lowest BCUT2D eigenvalue weighted by Crippen LogP contribution is -2.16. The molecule has 0 aliphatic heterocycles. The Morgan fingerprint density at radius 2 is 1.62 bits per heavy atom. The number of nitrogens with zero attached hydrogens (tertiary/aromatic N) is 1. The molecule has 0 spiro atoms. The summed E-state index contributed by atoms with van der Waals surface area (Å²) in [5.41, 5.74) is 0.311. The Morgan fingerprint density at radius 1 is 0.966 bits per heavy atom. The van der Waals surface area contributed by atoms with Crippen molar-refractivity contribution in [3.8, 4) is 11.5 Å². The molecule has 156 valence electrons. The number of thioether (sulfide) groups is 1. The average Bonchev–Trinajstić information content (AvgIpc) is 2.70. The van der Waals surface area contributed by atoms with E-state index in [2.05, 4.69) is 4.98 Å². The van der Waals surface area contributed by atoms with E-state index in [9.17, 15) is 24.9 Å². The lowest BCUT2D eigenvalue weighted by Gasteiger charge is -2.14. The number of hydrogen-bond donors (Lipinski definition) is 3. The molecule has 0 saturated heterocycles. The van der Waals surface area contributed by atoms with Gasteiger partial charge in [0.25, 0.3) is 0 Å². The van der Waals surface area contributed by atoms with Gasteiger partial charge in [0.15, 0.2) is 5.75 Å². The molecule has 1 aromatic heterocycles. The van der Waals surface area contributed by atoms with Gasteiger partial charge < -0.3 is 20.1 Å². The van der Waals surface area contributed by atoms with Gasteiger partial charge in [0, 0.05) is 0 Å². The van der Waals surface area contributed by atoms with Crippen molar-refractivity contribution < 1.29 is 29.6 Å². The Kier molecular flexibility index (Phi) is 8.33. The molecule has 0 saturated carbocycles. The van der Waals surface area contributed by atoms with E-state index in [1.165, 1.54) is 0 Å². The number of aromatic hydroxyl groups is 1. The minimum atomic E-state index is -1.47. The van der Waals surface area contributed by atoms with Crippen molar-refractivity contribution in [1.82, 2.24) is 4.98 Å². The fraction of sp³-hybridized carbons (Fsp3) is 0.381. The highest BCUT2D eigenvalue weighted by molar-refractivity contribution is 7.98. The zero-order valence-corrected chi connectivity index (χ0v) is 17.3. The number of carboxylic acid groups (broad SMARTS) is 2. The minimum Gasteiger partial charge on any atom is -0.505 e. The summed E-state index contributed by atoms with van der Waals surface area (Å²) in [5, 5.41) is 29.5. The Hall–Kier alpha value is -2.74. The smallest absolute Gasteiger partial charge is 0.340 e. The average molecular weight is 419 g/mol. The number of unbranched alkanes of at least 4 members (excludes halogenated alkanes) is 1. The first-order valence-corrected chi connectivity index (χ1v) is 10.6. The van der Waals surface area contributed by atoms with Crippen LogP contribution in [0.5, 0.6) is 11.5 Å². The Bertz CT molecular complexity index is 866. The van der Waals surface area contributed by atoms with Crippen LogP contribution in [-0.4, -0.2) is 51.4 Å². The fourth-order valence-corrected chi connectivity index (χ4v) is 3.56. The zero-order valence-electron chi connectivity index (χ0n) is 16.5. The van der Waals surface area contributed by atoms with E-state index in [1.807, 2.05) is 18.4 Å². The van der Waals surface area contributed by atoms with Gasteiger partial charge in [-0.25, -0.2) is 9.59 Å².